The largest absolute Gasteiger partial charge is 0.244 e. The molecule has 2 heteroatoms. The van der Waals surface area contributed by atoms with E-state index in [9.17, 15) is 0 Å². The highest BCUT2D eigenvalue weighted by atomic mass is 14.8. The smallest absolute Gasteiger partial charge is 0.229 e. The SMILES string of the molecule is c1ccc2[nH+]ccnc2c1. The fourth-order valence-corrected chi connectivity index (χ4v) is 0.953. The quantitative estimate of drug-likeness (QED) is 0.525. The predicted molar refractivity (Wildman–Crippen MR) is 38.3 cm³/mol. The molecule has 2 nitrogen and oxygen atoms in total. The molecular formula is C8H7N2+. The van der Waals surface area contributed by atoms with E-state index < -0.39 is 0 Å². The summed E-state index contributed by atoms with van der Waals surface area (Å²) in [4.78, 5) is 7.24. The molecule has 1 aromatic carbocycles. The van der Waals surface area contributed by atoms with Crippen LogP contribution in [0.4, 0.5) is 0 Å². The number of nitrogens with one attached hydrogen (secondary N) is 1. The molecule has 0 aliphatic heterocycles. The Bertz CT molecular complexity index is 278. The first-order valence-electron chi connectivity index (χ1n) is 3.18. The minimum Gasteiger partial charge on any atom is -0.244 e. The second-order valence-electron chi connectivity index (χ2n) is 2.11. The van der Waals surface area contributed by atoms with Gasteiger partial charge in [0, 0.05) is 6.07 Å². The Morgan fingerprint density at radius 2 is 2.10 bits per heavy atom. The van der Waals surface area contributed by atoms with Crippen LogP contribution < -0.4 is 4.98 Å². The van der Waals surface area contributed by atoms with Gasteiger partial charge in [0.2, 0.25) is 5.52 Å². The van der Waals surface area contributed by atoms with Crippen LogP contribution >= 0.6 is 0 Å². The number of fused-ring (bicyclic) bond motifs is 1. The number of benzene rings is 1. The lowest BCUT2D eigenvalue weighted by molar-refractivity contribution is -0.345. The first-order chi connectivity index (χ1) is 4.97. The molecule has 48 valence electrons. The average molecular weight is 131 g/mol. The molecular weight excluding hydrogens is 124 g/mol. The molecule has 0 aliphatic rings. The fraction of sp³-hybridized carbons (Fsp3) is 0. The summed E-state index contributed by atoms with van der Waals surface area (Å²) in [5.41, 5.74) is 2.08. The average Bonchev–Trinajstić information content (AvgIpc) is 2.05. The van der Waals surface area contributed by atoms with Crippen molar-refractivity contribution >= 4 is 11.0 Å². The third kappa shape index (κ3) is 0.739. The lowest BCUT2D eigenvalue weighted by atomic mass is 10.3. The van der Waals surface area contributed by atoms with Gasteiger partial charge in [-0.05, 0) is 6.07 Å². The Balaban J connectivity index is 2.89. The minimum absolute atomic E-state index is 1.00. The summed E-state index contributed by atoms with van der Waals surface area (Å²) >= 11 is 0. The van der Waals surface area contributed by atoms with Crippen molar-refractivity contribution in [2.45, 2.75) is 0 Å². The van der Waals surface area contributed by atoms with Gasteiger partial charge in [-0.25, -0.2) is 9.97 Å². The zero-order valence-corrected chi connectivity index (χ0v) is 5.41. The number of para-hydroxylation sites is 2. The van der Waals surface area contributed by atoms with Crippen LogP contribution in [-0.2, 0) is 0 Å². The van der Waals surface area contributed by atoms with Crippen molar-refractivity contribution in [3.63, 3.8) is 0 Å². The van der Waals surface area contributed by atoms with Crippen molar-refractivity contribution < 1.29 is 4.98 Å². The van der Waals surface area contributed by atoms with Crippen LogP contribution in [0.25, 0.3) is 11.0 Å². The lowest BCUT2D eigenvalue weighted by Crippen LogP contribution is -2.01. The topological polar surface area (TPSA) is 27.0 Å². The normalized spacial score (nSPS) is 10.0. The van der Waals surface area contributed by atoms with E-state index in [1.54, 1.807) is 6.20 Å². The summed E-state index contributed by atoms with van der Waals surface area (Å²) in [5, 5.41) is 0. The summed E-state index contributed by atoms with van der Waals surface area (Å²) in [6.45, 7) is 0. The molecule has 1 aromatic heterocycles. The number of hydrogen-bond donors (Lipinski definition) is 0. The summed E-state index contributed by atoms with van der Waals surface area (Å²) < 4.78 is 0. The van der Waals surface area contributed by atoms with Gasteiger partial charge >= 0.3 is 0 Å². The monoisotopic (exact) mass is 131 g/mol. The van der Waals surface area contributed by atoms with E-state index in [0.29, 0.717) is 0 Å². The Hall–Kier alpha value is -1.44. The highest BCUT2D eigenvalue weighted by Crippen LogP contribution is 2.01. The standard InChI is InChI=1S/C8H6N2/c1-2-4-8-7(3-1)9-5-6-10-8/h1-6H/p+1. The molecule has 0 fully saturated rings. The summed E-state index contributed by atoms with van der Waals surface area (Å²) in [6.07, 6.45) is 3.57. The molecule has 0 unspecified atom stereocenters. The number of H-pyrrole nitrogens is 1. The van der Waals surface area contributed by atoms with Crippen molar-refractivity contribution in [3.8, 4) is 0 Å². The second-order valence-corrected chi connectivity index (χ2v) is 2.11. The third-order valence-corrected chi connectivity index (χ3v) is 1.43. The molecule has 0 spiro atoms. The third-order valence-electron chi connectivity index (χ3n) is 1.43. The zero-order valence-electron chi connectivity index (χ0n) is 5.41. The van der Waals surface area contributed by atoms with Gasteiger partial charge in [0.05, 0.1) is 6.20 Å². The number of hydrogen-bond acceptors (Lipinski definition) is 1. The maximum atomic E-state index is 4.15. The van der Waals surface area contributed by atoms with Crippen LogP contribution in [0.3, 0.4) is 0 Å². The Kier molecular flexibility index (Phi) is 1.10. The van der Waals surface area contributed by atoms with Crippen LogP contribution in [-0.4, -0.2) is 4.98 Å². The Morgan fingerprint density at radius 3 is 3.00 bits per heavy atom. The van der Waals surface area contributed by atoms with Crippen LogP contribution in [0, 0.1) is 0 Å². The van der Waals surface area contributed by atoms with Crippen molar-refractivity contribution in [2.75, 3.05) is 0 Å². The first-order valence-corrected chi connectivity index (χ1v) is 3.18. The molecule has 0 saturated heterocycles. The Morgan fingerprint density at radius 1 is 1.20 bits per heavy atom. The molecule has 0 atom stereocenters. The first kappa shape index (κ1) is 5.35. The molecule has 1 N–H and O–H groups in total. The Labute approximate surface area is 58.6 Å². The minimum atomic E-state index is 1.00. The van der Waals surface area contributed by atoms with Crippen LogP contribution in [0.15, 0.2) is 36.7 Å². The van der Waals surface area contributed by atoms with E-state index >= 15 is 0 Å². The molecule has 0 aliphatic carbocycles. The number of rotatable bonds is 0. The van der Waals surface area contributed by atoms with Gasteiger partial charge in [-0.3, -0.25) is 0 Å². The molecule has 0 radical (unpaired) electrons. The maximum absolute atomic E-state index is 4.15. The molecule has 10 heavy (non-hydrogen) atoms. The van der Waals surface area contributed by atoms with Gasteiger partial charge in [0.25, 0.3) is 0 Å². The van der Waals surface area contributed by atoms with Gasteiger partial charge in [-0.15, -0.1) is 0 Å². The molecule has 0 bridgehead atoms. The van der Waals surface area contributed by atoms with E-state index in [2.05, 4.69) is 9.97 Å². The van der Waals surface area contributed by atoms with E-state index in [4.69, 9.17) is 0 Å². The number of aromatic nitrogens is 2. The van der Waals surface area contributed by atoms with Gasteiger partial charge < -0.3 is 0 Å². The van der Waals surface area contributed by atoms with E-state index in [1.165, 1.54) is 0 Å². The van der Waals surface area contributed by atoms with Crippen molar-refractivity contribution in [1.29, 1.82) is 0 Å². The second kappa shape index (κ2) is 2.06. The van der Waals surface area contributed by atoms with Gasteiger partial charge in [-0.1, -0.05) is 12.1 Å². The van der Waals surface area contributed by atoms with Gasteiger partial charge in [-0.2, -0.15) is 0 Å². The van der Waals surface area contributed by atoms with E-state index in [1.807, 2.05) is 30.5 Å². The lowest BCUT2D eigenvalue weighted by Gasteiger charge is -1.85. The number of aromatic amines is 1. The summed E-state index contributed by atoms with van der Waals surface area (Å²) in [5.74, 6) is 0. The van der Waals surface area contributed by atoms with E-state index in [-0.39, 0.29) is 0 Å². The fourth-order valence-electron chi connectivity index (χ4n) is 0.953. The van der Waals surface area contributed by atoms with Gasteiger partial charge in [0.1, 0.15) is 5.52 Å². The summed E-state index contributed by atoms with van der Waals surface area (Å²) in [6, 6.07) is 7.94. The molecule has 0 amide bonds. The van der Waals surface area contributed by atoms with Gasteiger partial charge in [0.15, 0.2) is 6.20 Å². The predicted octanol–water partition coefficient (Wildman–Crippen LogP) is 1.05. The van der Waals surface area contributed by atoms with Crippen molar-refractivity contribution in [3.05, 3.63) is 36.7 Å². The molecule has 0 saturated carbocycles. The van der Waals surface area contributed by atoms with Crippen LogP contribution in [0.1, 0.15) is 0 Å². The van der Waals surface area contributed by atoms with Crippen LogP contribution in [0.5, 0.6) is 0 Å². The molecule has 2 rings (SSSR count). The van der Waals surface area contributed by atoms with Crippen molar-refractivity contribution in [1.82, 2.24) is 4.98 Å². The molecule has 1 heterocycles. The highest BCUT2D eigenvalue weighted by molar-refractivity contribution is 5.69. The molecule has 2 aromatic rings. The van der Waals surface area contributed by atoms with Crippen LogP contribution in [0.2, 0.25) is 0 Å². The van der Waals surface area contributed by atoms with Crippen molar-refractivity contribution in [2.24, 2.45) is 0 Å². The zero-order chi connectivity index (χ0) is 6.81. The maximum Gasteiger partial charge on any atom is 0.229 e. The van der Waals surface area contributed by atoms with E-state index in [0.717, 1.165) is 11.0 Å². The number of nitrogens with zero attached hydrogens (tertiary/aromatic N) is 1. The summed E-state index contributed by atoms with van der Waals surface area (Å²) in [7, 11) is 0. The highest BCUT2D eigenvalue weighted by Gasteiger charge is 1.94.